The number of hydrogen-bond acceptors (Lipinski definition) is 4. The van der Waals surface area contributed by atoms with Crippen molar-refractivity contribution in [3.8, 4) is 5.75 Å². The van der Waals surface area contributed by atoms with Crippen molar-refractivity contribution in [2.75, 3.05) is 26.2 Å². The summed E-state index contributed by atoms with van der Waals surface area (Å²) in [6.45, 7) is 8.02. The molecular weight excluding hydrogens is 412 g/mol. The number of ether oxygens (including phenoxy) is 1. The molecule has 1 N–H and O–H groups in total. The molecule has 31 heavy (non-hydrogen) atoms. The van der Waals surface area contributed by atoms with Crippen LogP contribution < -0.4 is 10.1 Å². The Kier molecular flexibility index (Phi) is 7.38. The molecule has 1 fully saturated rings. The lowest BCUT2D eigenvalue weighted by atomic mass is 9.87. The quantitative estimate of drug-likeness (QED) is 0.663. The summed E-state index contributed by atoms with van der Waals surface area (Å²) >= 11 is 0. The fourth-order valence-corrected chi connectivity index (χ4v) is 5.13. The Morgan fingerprint density at radius 1 is 1.03 bits per heavy atom. The summed E-state index contributed by atoms with van der Waals surface area (Å²) < 4.78 is 32.6. The smallest absolute Gasteiger partial charge is 0.243 e. The molecule has 1 heterocycles. The summed E-state index contributed by atoms with van der Waals surface area (Å²) in [6.07, 6.45) is 1.04. The number of nitrogens with zero attached hydrogens (tertiary/aromatic N) is 1. The number of benzene rings is 2. The van der Waals surface area contributed by atoms with Crippen LogP contribution in [0.1, 0.15) is 39.2 Å². The van der Waals surface area contributed by atoms with Gasteiger partial charge in [-0.2, -0.15) is 4.31 Å². The highest BCUT2D eigenvalue weighted by Gasteiger charge is 2.31. The highest BCUT2D eigenvalue weighted by atomic mass is 32.2. The van der Waals surface area contributed by atoms with E-state index in [1.165, 1.54) is 9.87 Å². The fourth-order valence-electron chi connectivity index (χ4n) is 3.64. The second-order valence-corrected chi connectivity index (χ2v) is 10.8. The van der Waals surface area contributed by atoms with E-state index in [4.69, 9.17) is 4.74 Å². The summed E-state index contributed by atoms with van der Waals surface area (Å²) in [6, 6.07) is 16.4. The maximum Gasteiger partial charge on any atom is 0.243 e. The molecule has 0 aliphatic carbocycles. The highest BCUT2D eigenvalue weighted by molar-refractivity contribution is 7.89. The van der Waals surface area contributed by atoms with Gasteiger partial charge in [-0.3, -0.25) is 4.79 Å². The van der Waals surface area contributed by atoms with Crippen molar-refractivity contribution in [1.82, 2.24) is 9.62 Å². The molecule has 1 saturated heterocycles. The molecule has 0 atom stereocenters. The molecule has 2 aromatic carbocycles. The van der Waals surface area contributed by atoms with E-state index in [2.05, 4.69) is 38.2 Å². The van der Waals surface area contributed by atoms with Crippen molar-refractivity contribution in [1.29, 1.82) is 0 Å². The molecule has 1 amide bonds. The maximum absolute atomic E-state index is 12.7. The van der Waals surface area contributed by atoms with Gasteiger partial charge in [0.05, 0.1) is 11.4 Å². The number of amides is 1. The maximum atomic E-state index is 12.7. The molecule has 1 aliphatic heterocycles. The third-order valence-corrected chi connectivity index (χ3v) is 7.51. The van der Waals surface area contributed by atoms with Crippen molar-refractivity contribution in [2.45, 2.75) is 43.9 Å². The van der Waals surface area contributed by atoms with Crippen LogP contribution in [0.3, 0.4) is 0 Å². The second kappa shape index (κ2) is 9.83. The number of carbonyl (C=O) groups excluding carboxylic acids is 1. The second-order valence-electron chi connectivity index (χ2n) is 8.91. The van der Waals surface area contributed by atoms with Gasteiger partial charge in [-0.1, -0.05) is 51.1 Å². The fraction of sp³-hybridized carbons (Fsp3) is 0.458. The Morgan fingerprint density at radius 3 is 2.23 bits per heavy atom. The molecule has 0 spiro atoms. The van der Waals surface area contributed by atoms with Gasteiger partial charge in [-0.25, -0.2) is 8.42 Å². The molecule has 0 radical (unpaired) electrons. The molecule has 2 aromatic rings. The summed E-state index contributed by atoms with van der Waals surface area (Å²) in [7, 11) is -3.49. The van der Waals surface area contributed by atoms with Crippen LogP contribution >= 0.6 is 0 Å². The summed E-state index contributed by atoms with van der Waals surface area (Å²) in [4.78, 5) is 12.8. The SMILES string of the molecule is CC(C)(C)c1ccc(OCCNC(=O)C2CCN(S(=O)(=O)c3ccccc3)CC2)cc1. The van der Waals surface area contributed by atoms with Crippen molar-refractivity contribution in [2.24, 2.45) is 5.92 Å². The predicted octanol–water partition coefficient (Wildman–Crippen LogP) is 3.58. The van der Waals surface area contributed by atoms with Crippen LogP contribution in [0.25, 0.3) is 0 Å². The van der Waals surface area contributed by atoms with Crippen molar-refractivity contribution in [3.63, 3.8) is 0 Å². The van der Waals surface area contributed by atoms with E-state index in [0.717, 1.165) is 5.75 Å². The average molecular weight is 445 g/mol. The molecule has 3 rings (SSSR count). The molecule has 0 bridgehead atoms. The first-order valence-corrected chi connectivity index (χ1v) is 12.2. The van der Waals surface area contributed by atoms with Crippen LogP contribution in [0, 0.1) is 5.92 Å². The van der Waals surface area contributed by atoms with Crippen molar-refractivity contribution in [3.05, 3.63) is 60.2 Å². The van der Waals surface area contributed by atoms with Gasteiger partial charge in [-0.05, 0) is 48.1 Å². The Hall–Kier alpha value is -2.38. The van der Waals surface area contributed by atoms with Gasteiger partial charge in [0.2, 0.25) is 15.9 Å². The van der Waals surface area contributed by atoms with Crippen LogP contribution in [0.4, 0.5) is 0 Å². The topological polar surface area (TPSA) is 75.7 Å². The molecular formula is C24H32N2O4S. The van der Waals surface area contributed by atoms with Gasteiger partial charge in [0.1, 0.15) is 12.4 Å². The lowest BCUT2D eigenvalue weighted by Crippen LogP contribution is -2.43. The van der Waals surface area contributed by atoms with E-state index in [1.807, 2.05) is 12.1 Å². The van der Waals surface area contributed by atoms with Gasteiger partial charge in [0.15, 0.2) is 0 Å². The van der Waals surface area contributed by atoms with E-state index >= 15 is 0 Å². The molecule has 6 nitrogen and oxygen atoms in total. The molecule has 168 valence electrons. The molecule has 1 aliphatic rings. The van der Waals surface area contributed by atoms with E-state index in [-0.39, 0.29) is 17.2 Å². The van der Waals surface area contributed by atoms with E-state index < -0.39 is 10.0 Å². The summed E-state index contributed by atoms with van der Waals surface area (Å²) in [5.41, 5.74) is 1.34. The zero-order valence-electron chi connectivity index (χ0n) is 18.5. The number of sulfonamides is 1. The minimum Gasteiger partial charge on any atom is -0.492 e. The first-order chi connectivity index (χ1) is 14.7. The van der Waals surface area contributed by atoms with Crippen LogP contribution in [-0.4, -0.2) is 44.9 Å². The number of piperidine rings is 1. The molecule has 7 heteroatoms. The predicted molar refractivity (Wildman–Crippen MR) is 122 cm³/mol. The van der Waals surface area contributed by atoms with E-state index in [9.17, 15) is 13.2 Å². The monoisotopic (exact) mass is 444 g/mol. The van der Waals surface area contributed by atoms with E-state index in [0.29, 0.717) is 44.0 Å². The number of carbonyl (C=O) groups is 1. The van der Waals surface area contributed by atoms with Gasteiger partial charge in [0.25, 0.3) is 0 Å². The minimum absolute atomic E-state index is 0.0385. The molecule has 0 saturated carbocycles. The van der Waals surface area contributed by atoms with Gasteiger partial charge in [0, 0.05) is 19.0 Å². The largest absolute Gasteiger partial charge is 0.492 e. The van der Waals surface area contributed by atoms with Crippen molar-refractivity contribution < 1.29 is 17.9 Å². The van der Waals surface area contributed by atoms with E-state index in [1.54, 1.807) is 30.3 Å². The van der Waals surface area contributed by atoms with Crippen LogP contribution in [-0.2, 0) is 20.2 Å². The minimum atomic E-state index is -3.49. The number of nitrogens with one attached hydrogen (secondary N) is 1. The Bertz CT molecular complexity index is 959. The summed E-state index contributed by atoms with van der Waals surface area (Å²) in [5.74, 6) is 0.568. The number of rotatable bonds is 7. The normalized spacial score (nSPS) is 16.1. The average Bonchev–Trinajstić information content (AvgIpc) is 2.77. The molecule has 0 aromatic heterocycles. The zero-order chi connectivity index (χ0) is 22.5. The first-order valence-electron chi connectivity index (χ1n) is 10.7. The number of hydrogen-bond donors (Lipinski definition) is 1. The Balaban J connectivity index is 1.40. The molecule has 0 unspecified atom stereocenters. The standard InChI is InChI=1S/C24H32N2O4S/c1-24(2,3)20-9-11-21(12-10-20)30-18-15-25-23(27)19-13-16-26(17-14-19)31(28,29)22-7-5-4-6-8-22/h4-12,19H,13-18H2,1-3H3,(H,25,27). The Labute approximate surface area is 185 Å². The Morgan fingerprint density at radius 2 is 1.65 bits per heavy atom. The first kappa shape index (κ1) is 23.3. The summed E-state index contributed by atoms with van der Waals surface area (Å²) in [5, 5.41) is 2.91. The third kappa shape index (κ3) is 6.08. The lowest BCUT2D eigenvalue weighted by molar-refractivity contribution is -0.126. The van der Waals surface area contributed by atoms with Crippen LogP contribution in [0.2, 0.25) is 0 Å². The highest BCUT2D eigenvalue weighted by Crippen LogP contribution is 2.25. The van der Waals surface area contributed by atoms with Gasteiger partial charge < -0.3 is 10.1 Å². The van der Waals surface area contributed by atoms with Crippen LogP contribution in [0.5, 0.6) is 5.75 Å². The van der Waals surface area contributed by atoms with Crippen LogP contribution in [0.15, 0.2) is 59.5 Å². The zero-order valence-corrected chi connectivity index (χ0v) is 19.3. The van der Waals surface area contributed by atoms with Gasteiger partial charge in [-0.15, -0.1) is 0 Å². The van der Waals surface area contributed by atoms with Gasteiger partial charge >= 0.3 is 0 Å². The third-order valence-electron chi connectivity index (χ3n) is 5.60. The lowest BCUT2D eigenvalue weighted by Gasteiger charge is -2.30. The van der Waals surface area contributed by atoms with Crippen molar-refractivity contribution >= 4 is 15.9 Å².